The Morgan fingerprint density at radius 1 is 1.03 bits per heavy atom. The van der Waals surface area contributed by atoms with Gasteiger partial charge in [-0.05, 0) is 46.3 Å². The molecule has 0 saturated heterocycles. The number of methoxy groups -OCH3 is 1. The summed E-state index contributed by atoms with van der Waals surface area (Å²) in [6.07, 6.45) is 1.57. The Morgan fingerprint density at radius 3 is 2.41 bits per heavy atom. The maximum absolute atomic E-state index is 12.8. The molecular weight excluding hydrogens is 436 g/mol. The van der Waals surface area contributed by atoms with E-state index in [0.29, 0.717) is 28.5 Å². The predicted molar refractivity (Wildman–Crippen MR) is 114 cm³/mol. The number of amides is 2. The molecule has 1 heterocycles. The van der Waals surface area contributed by atoms with Crippen molar-refractivity contribution < 1.29 is 14.3 Å². The molecule has 8 heteroatoms. The molecule has 0 fully saturated rings. The van der Waals surface area contributed by atoms with Crippen LogP contribution in [0.25, 0.3) is 4.85 Å². The molecule has 0 aliphatic carbocycles. The molecule has 0 unspecified atom stereocenters. The van der Waals surface area contributed by atoms with Gasteiger partial charge in [0.2, 0.25) is 0 Å². The van der Waals surface area contributed by atoms with Gasteiger partial charge in [-0.1, -0.05) is 24.3 Å². The quantitative estimate of drug-likeness (QED) is 0.540. The molecule has 7 nitrogen and oxygen atoms in total. The topological polar surface area (TPSA) is 84.7 Å². The summed E-state index contributed by atoms with van der Waals surface area (Å²) in [7, 11) is 1.49. The summed E-state index contributed by atoms with van der Waals surface area (Å²) < 4.78 is 5.98. The summed E-state index contributed by atoms with van der Waals surface area (Å²) in [5, 5.41) is 5.42. The zero-order valence-corrected chi connectivity index (χ0v) is 16.9. The maximum atomic E-state index is 12.8. The number of nitrogens with one attached hydrogen (secondary N) is 2. The number of anilines is 2. The van der Waals surface area contributed by atoms with E-state index in [4.69, 9.17) is 11.3 Å². The summed E-state index contributed by atoms with van der Waals surface area (Å²) in [6, 6.07) is 14.4. The number of ether oxygens (including phenoxy) is 1. The van der Waals surface area contributed by atoms with E-state index in [-0.39, 0.29) is 5.56 Å². The average Bonchev–Trinajstić information content (AvgIpc) is 2.75. The van der Waals surface area contributed by atoms with Gasteiger partial charge >= 0.3 is 0 Å². The van der Waals surface area contributed by atoms with Crippen molar-refractivity contribution in [2.45, 2.75) is 0 Å². The van der Waals surface area contributed by atoms with Crippen LogP contribution in [0.15, 0.2) is 65.3 Å². The number of aromatic nitrogens is 1. The van der Waals surface area contributed by atoms with Crippen LogP contribution >= 0.6 is 15.9 Å². The van der Waals surface area contributed by atoms with Crippen molar-refractivity contribution in [3.05, 3.63) is 87.8 Å². The van der Waals surface area contributed by atoms with Gasteiger partial charge in [0.05, 0.1) is 24.9 Å². The van der Waals surface area contributed by atoms with E-state index in [1.54, 1.807) is 54.7 Å². The number of halogens is 1. The van der Waals surface area contributed by atoms with Gasteiger partial charge < -0.3 is 15.4 Å². The third kappa shape index (κ3) is 4.97. The molecule has 3 aromatic rings. The Hall–Kier alpha value is -3.70. The molecule has 0 aliphatic heterocycles. The van der Waals surface area contributed by atoms with E-state index in [1.165, 1.54) is 13.2 Å². The molecule has 2 aromatic carbocycles. The van der Waals surface area contributed by atoms with Crippen LogP contribution in [-0.2, 0) is 0 Å². The summed E-state index contributed by atoms with van der Waals surface area (Å²) >= 11 is 3.29. The molecule has 0 bridgehead atoms. The van der Waals surface area contributed by atoms with Gasteiger partial charge in [-0.25, -0.2) is 9.83 Å². The SMILES string of the molecule is [C-]#[N+]c1ccc(C(=O)Nc2ccc(OC)cc2C(=O)Nc2ccc(Br)cn2)cc1. The molecule has 144 valence electrons. The smallest absolute Gasteiger partial charge is 0.259 e. The van der Waals surface area contributed by atoms with Crippen molar-refractivity contribution in [3.8, 4) is 5.75 Å². The van der Waals surface area contributed by atoms with E-state index < -0.39 is 11.8 Å². The van der Waals surface area contributed by atoms with E-state index in [2.05, 4.69) is 36.4 Å². The first-order valence-electron chi connectivity index (χ1n) is 8.40. The van der Waals surface area contributed by atoms with Crippen LogP contribution < -0.4 is 15.4 Å². The Morgan fingerprint density at radius 2 is 1.79 bits per heavy atom. The third-order valence-corrected chi connectivity index (χ3v) is 4.42. The summed E-state index contributed by atoms with van der Waals surface area (Å²) in [5.74, 6) is -0.00811. The molecule has 0 saturated carbocycles. The summed E-state index contributed by atoms with van der Waals surface area (Å²) in [4.78, 5) is 32.8. The van der Waals surface area contributed by atoms with Gasteiger partial charge in [-0.15, -0.1) is 0 Å². The van der Waals surface area contributed by atoms with Gasteiger partial charge in [0, 0.05) is 16.2 Å². The molecule has 2 amide bonds. The van der Waals surface area contributed by atoms with E-state index in [0.717, 1.165) is 4.47 Å². The number of hydrogen-bond acceptors (Lipinski definition) is 4. The van der Waals surface area contributed by atoms with Crippen molar-refractivity contribution in [3.63, 3.8) is 0 Å². The lowest BCUT2D eigenvalue weighted by atomic mass is 10.1. The molecule has 0 atom stereocenters. The van der Waals surface area contributed by atoms with Crippen LogP contribution in [0.3, 0.4) is 0 Å². The van der Waals surface area contributed by atoms with Crippen molar-refractivity contribution in [2.75, 3.05) is 17.7 Å². The van der Waals surface area contributed by atoms with Crippen LogP contribution in [0, 0.1) is 6.57 Å². The monoisotopic (exact) mass is 450 g/mol. The zero-order valence-electron chi connectivity index (χ0n) is 15.3. The minimum Gasteiger partial charge on any atom is -0.497 e. The fourth-order valence-corrected chi connectivity index (χ4v) is 2.70. The number of hydrogen-bond donors (Lipinski definition) is 2. The largest absolute Gasteiger partial charge is 0.497 e. The summed E-state index contributed by atoms with van der Waals surface area (Å²) in [6.45, 7) is 6.98. The number of nitrogens with zero attached hydrogens (tertiary/aromatic N) is 2. The van der Waals surface area contributed by atoms with Crippen LogP contribution in [0.2, 0.25) is 0 Å². The highest BCUT2D eigenvalue weighted by Crippen LogP contribution is 2.24. The molecular formula is C21H15BrN4O3. The minimum absolute atomic E-state index is 0.222. The van der Waals surface area contributed by atoms with Crippen molar-refractivity contribution in [2.24, 2.45) is 0 Å². The Balaban J connectivity index is 1.86. The number of rotatable bonds is 5. The normalized spacial score (nSPS) is 9.97. The highest BCUT2D eigenvalue weighted by molar-refractivity contribution is 9.10. The van der Waals surface area contributed by atoms with E-state index in [9.17, 15) is 9.59 Å². The molecule has 3 rings (SSSR count). The average molecular weight is 451 g/mol. The van der Waals surface area contributed by atoms with E-state index in [1.807, 2.05) is 0 Å². The number of carbonyl (C=O) groups excluding carboxylic acids is 2. The lowest BCUT2D eigenvalue weighted by molar-refractivity contribution is 0.102. The Labute approximate surface area is 175 Å². The van der Waals surface area contributed by atoms with Gasteiger partial charge in [0.15, 0.2) is 5.69 Å². The van der Waals surface area contributed by atoms with Crippen LogP contribution in [0.1, 0.15) is 20.7 Å². The third-order valence-electron chi connectivity index (χ3n) is 3.95. The van der Waals surface area contributed by atoms with Gasteiger partial charge in [0.25, 0.3) is 11.8 Å². The maximum Gasteiger partial charge on any atom is 0.259 e. The van der Waals surface area contributed by atoms with Crippen molar-refractivity contribution in [1.29, 1.82) is 0 Å². The van der Waals surface area contributed by atoms with E-state index >= 15 is 0 Å². The first-order valence-corrected chi connectivity index (χ1v) is 9.19. The molecule has 0 radical (unpaired) electrons. The first kappa shape index (κ1) is 20.0. The number of benzene rings is 2. The zero-order chi connectivity index (χ0) is 20.8. The second-order valence-electron chi connectivity index (χ2n) is 5.84. The Bertz CT molecular complexity index is 1090. The number of carbonyl (C=O) groups is 2. The van der Waals surface area contributed by atoms with Gasteiger partial charge in [-0.2, -0.15) is 0 Å². The van der Waals surface area contributed by atoms with Gasteiger partial charge in [-0.3, -0.25) is 9.59 Å². The lowest BCUT2D eigenvalue weighted by Gasteiger charge is -2.13. The highest BCUT2D eigenvalue weighted by atomic mass is 79.9. The van der Waals surface area contributed by atoms with Crippen LogP contribution in [0.5, 0.6) is 5.75 Å². The first-order chi connectivity index (χ1) is 14.0. The lowest BCUT2D eigenvalue weighted by Crippen LogP contribution is -2.18. The standard InChI is InChI=1S/C21H15BrN4O3/c1-23-15-6-3-13(4-7-15)20(27)25-18-9-8-16(29-2)11-17(18)21(28)26-19-10-5-14(22)12-24-19/h3-12H,2H3,(H,25,27)(H,24,26,28). The van der Waals surface area contributed by atoms with Crippen LogP contribution in [-0.4, -0.2) is 23.9 Å². The van der Waals surface area contributed by atoms with Crippen molar-refractivity contribution >= 4 is 44.9 Å². The second kappa shape index (κ2) is 8.99. The Kier molecular flexibility index (Phi) is 6.22. The molecule has 2 N–H and O–H groups in total. The summed E-state index contributed by atoms with van der Waals surface area (Å²) in [5.41, 5.74) is 1.35. The molecule has 1 aromatic heterocycles. The highest BCUT2D eigenvalue weighted by Gasteiger charge is 2.16. The molecule has 29 heavy (non-hydrogen) atoms. The molecule has 0 aliphatic rings. The van der Waals surface area contributed by atoms with Crippen LogP contribution in [0.4, 0.5) is 17.2 Å². The fourth-order valence-electron chi connectivity index (χ4n) is 2.46. The van der Waals surface area contributed by atoms with Gasteiger partial charge in [0.1, 0.15) is 11.6 Å². The fraction of sp³-hybridized carbons (Fsp3) is 0.0476. The number of pyridine rings is 1. The predicted octanol–water partition coefficient (Wildman–Crippen LogP) is 4.91. The molecule has 0 spiro atoms. The minimum atomic E-state index is -0.447. The van der Waals surface area contributed by atoms with Crippen molar-refractivity contribution in [1.82, 2.24) is 4.98 Å². The second-order valence-corrected chi connectivity index (χ2v) is 6.76.